The lowest BCUT2D eigenvalue weighted by Gasteiger charge is -2.04. The zero-order valence-corrected chi connectivity index (χ0v) is 7.60. The van der Waals surface area contributed by atoms with Gasteiger partial charge in [-0.05, 0) is 12.1 Å². The molecule has 1 aromatic rings. The second-order valence-corrected chi connectivity index (χ2v) is 3.65. The summed E-state index contributed by atoms with van der Waals surface area (Å²) in [5.41, 5.74) is 6.08. The van der Waals surface area contributed by atoms with Gasteiger partial charge in [-0.25, -0.2) is 9.19 Å². The van der Waals surface area contributed by atoms with E-state index >= 15 is 0 Å². The fraction of sp³-hybridized carbons (Fsp3) is 0.286. The van der Waals surface area contributed by atoms with Crippen molar-refractivity contribution in [3.8, 4) is 0 Å². The molecule has 0 aliphatic rings. The molecule has 12 heavy (non-hydrogen) atoms. The van der Waals surface area contributed by atoms with E-state index in [-0.39, 0.29) is 0 Å². The van der Waals surface area contributed by atoms with E-state index in [4.69, 9.17) is 5.73 Å². The summed E-state index contributed by atoms with van der Waals surface area (Å²) >= 11 is 0. The average Bonchev–Trinajstić information content (AvgIpc) is 2.09. The lowest BCUT2D eigenvalue weighted by molar-refractivity contribution is 0.687. The second kappa shape index (κ2) is 4.06. The summed E-state index contributed by atoms with van der Waals surface area (Å²) < 4.78 is 13.7. The van der Waals surface area contributed by atoms with E-state index in [1.165, 1.54) is 0 Å². The molecule has 3 N–H and O–H groups in total. The number of anilines is 2. The highest BCUT2D eigenvalue weighted by Gasteiger charge is 2.00. The summed E-state index contributed by atoms with van der Waals surface area (Å²) in [6.07, 6.45) is 1.60. The summed E-state index contributed by atoms with van der Waals surface area (Å²) in [6, 6.07) is 3.44. The summed E-state index contributed by atoms with van der Waals surface area (Å²) in [5.74, 6) is 1.02. The normalized spacial score (nSPS) is 12.4. The third-order valence-electron chi connectivity index (χ3n) is 1.31. The minimum Gasteiger partial charge on any atom is -0.396 e. The predicted molar refractivity (Wildman–Crippen MR) is 51.0 cm³/mol. The Hall–Kier alpha value is -1.10. The van der Waals surface area contributed by atoms with Crippen molar-refractivity contribution in [3.63, 3.8) is 0 Å². The quantitative estimate of drug-likeness (QED) is 0.730. The largest absolute Gasteiger partial charge is 0.396 e. The van der Waals surface area contributed by atoms with E-state index in [1.807, 2.05) is 6.92 Å². The molecule has 0 fully saturated rings. The molecule has 0 radical (unpaired) electrons. The smallest absolute Gasteiger partial charge is 0.160 e. The van der Waals surface area contributed by atoms with E-state index in [0.717, 1.165) is 0 Å². The first-order valence-electron chi connectivity index (χ1n) is 3.59. The van der Waals surface area contributed by atoms with Crippen LogP contribution < -0.4 is 10.5 Å². The van der Waals surface area contributed by atoms with Crippen molar-refractivity contribution < 1.29 is 4.21 Å². The molecule has 66 valence electrons. The van der Waals surface area contributed by atoms with Crippen LogP contribution in [0.3, 0.4) is 0 Å². The molecule has 0 spiro atoms. The van der Waals surface area contributed by atoms with Gasteiger partial charge < -0.3 is 5.73 Å². The van der Waals surface area contributed by atoms with Gasteiger partial charge in [0, 0.05) is 11.9 Å². The molecule has 1 rings (SSSR count). The maximum atomic E-state index is 11.0. The van der Waals surface area contributed by atoms with Gasteiger partial charge in [0.15, 0.2) is 5.82 Å². The van der Waals surface area contributed by atoms with Crippen LogP contribution in [0.5, 0.6) is 0 Å². The molecule has 1 heterocycles. The maximum Gasteiger partial charge on any atom is 0.160 e. The van der Waals surface area contributed by atoms with Gasteiger partial charge in [0.2, 0.25) is 0 Å². The van der Waals surface area contributed by atoms with Gasteiger partial charge in [0.25, 0.3) is 0 Å². The van der Waals surface area contributed by atoms with Gasteiger partial charge in [-0.1, -0.05) is 6.92 Å². The van der Waals surface area contributed by atoms with Crippen molar-refractivity contribution >= 4 is 22.5 Å². The molecule has 4 nitrogen and oxygen atoms in total. The highest BCUT2D eigenvalue weighted by Crippen LogP contribution is 2.13. The third-order valence-corrected chi connectivity index (χ3v) is 2.26. The third kappa shape index (κ3) is 2.20. The van der Waals surface area contributed by atoms with E-state index in [9.17, 15) is 4.21 Å². The zero-order valence-electron chi connectivity index (χ0n) is 6.78. The number of hydrogen-bond donors (Lipinski definition) is 2. The number of nitrogens with one attached hydrogen (secondary N) is 1. The van der Waals surface area contributed by atoms with Crippen molar-refractivity contribution in [1.29, 1.82) is 0 Å². The predicted octanol–water partition coefficient (Wildman–Crippen LogP) is 0.759. The van der Waals surface area contributed by atoms with Gasteiger partial charge in [-0.15, -0.1) is 0 Å². The average molecular weight is 185 g/mol. The molecule has 1 atom stereocenters. The molecule has 0 aromatic carbocycles. The SMILES string of the molecule is CCS(=O)Nc1ncccc1N. The molecule has 0 amide bonds. The number of nitrogen functional groups attached to an aromatic ring is 1. The molecule has 1 unspecified atom stereocenters. The topological polar surface area (TPSA) is 68.0 Å². The number of nitrogens with zero attached hydrogens (tertiary/aromatic N) is 1. The number of rotatable bonds is 3. The highest BCUT2D eigenvalue weighted by atomic mass is 32.2. The second-order valence-electron chi connectivity index (χ2n) is 2.18. The maximum absolute atomic E-state index is 11.0. The first-order chi connectivity index (χ1) is 5.74. The van der Waals surface area contributed by atoms with Crippen LogP contribution in [0.2, 0.25) is 0 Å². The molecule has 0 saturated carbocycles. The molecule has 0 aliphatic heterocycles. The van der Waals surface area contributed by atoms with Crippen LogP contribution in [0.15, 0.2) is 18.3 Å². The Balaban J connectivity index is 2.75. The minimum atomic E-state index is -1.08. The first kappa shape index (κ1) is 8.99. The minimum absolute atomic E-state index is 0.484. The van der Waals surface area contributed by atoms with E-state index in [1.54, 1.807) is 18.3 Å². The summed E-state index contributed by atoms with van der Waals surface area (Å²) in [6.45, 7) is 1.82. The molecular formula is C7H11N3OS. The number of aromatic nitrogens is 1. The van der Waals surface area contributed by atoms with Crippen LogP contribution >= 0.6 is 0 Å². The number of pyridine rings is 1. The Labute approximate surface area is 73.8 Å². The Morgan fingerprint density at radius 3 is 3.08 bits per heavy atom. The van der Waals surface area contributed by atoms with Crippen LogP contribution in [0, 0.1) is 0 Å². The van der Waals surface area contributed by atoms with E-state index < -0.39 is 11.0 Å². The van der Waals surface area contributed by atoms with Crippen molar-refractivity contribution in [3.05, 3.63) is 18.3 Å². The molecule has 0 bridgehead atoms. The molecule has 0 saturated heterocycles. The highest BCUT2D eigenvalue weighted by molar-refractivity contribution is 7.86. The molecular weight excluding hydrogens is 174 g/mol. The van der Waals surface area contributed by atoms with E-state index in [0.29, 0.717) is 17.3 Å². The Bertz CT molecular complexity index is 290. The van der Waals surface area contributed by atoms with Crippen LogP contribution in [-0.4, -0.2) is 14.9 Å². The van der Waals surface area contributed by atoms with Crippen molar-refractivity contribution in [2.24, 2.45) is 0 Å². The lowest BCUT2D eigenvalue weighted by atomic mass is 10.4. The Kier molecular flexibility index (Phi) is 3.04. The fourth-order valence-electron chi connectivity index (χ4n) is 0.683. The first-order valence-corrected chi connectivity index (χ1v) is 4.91. The van der Waals surface area contributed by atoms with Crippen LogP contribution in [-0.2, 0) is 11.0 Å². The molecule has 0 aliphatic carbocycles. The van der Waals surface area contributed by atoms with Gasteiger partial charge in [0.1, 0.15) is 11.0 Å². The zero-order chi connectivity index (χ0) is 8.97. The van der Waals surface area contributed by atoms with Gasteiger partial charge in [0.05, 0.1) is 5.69 Å². The summed E-state index contributed by atoms with van der Waals surface area (Å²) in [5, 5.41) is 0. The van der Waals surface area contributed by atoms with E-state index in [2.05, 4.69) is 9.71 Å². The molecule has 5 heteroatoms. The lowest BCUT2D eigenvalue weighted by Crippen LogP contribution is -2.09. The number of nitrogens with two attached hydrogens (primary N) is 1. The van der Waals surface area contributed by atoms with Gasteiger partial charge in [-0.2, -0.15) is 0 Å². The van der Waals surface area contributed by atoms with Crippen LogP contribution in [0.4, 0.5) is 11.5 Å². The summed E-state index contributed by atoms with van der Waals surface area (Å²) in [7, 11) is -1.08. The monoisotopic (exact) mass is 185 g/mol. The standard InChI is InChI=1S/C7H11N3OS/c1-2-12(11)10-7-6(8)4-3-5-9-7/h3-5H,2,8H2,1H3,(H,9,10). The van der Waals surface area contributed by atoms with Gasteiger partial charge in [-0.3, -0.25) is 4.72 Å². The van der Waals surface area contributed by atoms with Crippen molar-refractivity contribution in [1.82, 2.24) is 4.98 Å². The van der Waals surface area contributed by atoms with Crippen molar-refractivity contribution in [2.45, 2.75) is 6.92 Å². The Morgan fingerprint density at radius 2 is 2.50 bits per heavy atom. The molecule has 1 aromatic heterocycles. The fourth-order valence-corrected chi connectivity index (χ4v) is 1.21. The van der Waals surface area contributed by atoms with Crippen LogP contribution in [0.25, 0.3) is 0 Å². The Morgan fingerprint density at radius 1 is 1.75 bits per heavy atom. The van der Waals surface area contributed by atoms with Gasteiger partial charge >= 0.3 is 0 Å². The number of hydrogen-bond acceptors (Lipinski definition) is 3. The van der Waals surface area contributed by atoms with Crippen LogP contribution in [0.1, 0.15) is 6.92 Å². The summed E-state index contributed by atoms with van der Waals surface area (Å²) in [4.78, 5) is 3.94. The van der Waals surface area contributed by atoms with Crippen molar-refractivity contribution in [2.75, 3.05) is 16.2 Å².